The Morgan fingerprint density at radius 2 is 2.07 bits per heavy atom. The zero-order valence-electron chi connectivity index (χ0n) is 17.5. The summed E-state index contributed by atoms with van der Waals surface area (Å²) in [4.78, 5) is 12.4. The predicted molar refractivity (Wildman–Crippen MR) is 120 cm³/mol. The van der Waals surface area contributed by atoms with Gasteiger partial charge in [0.05, 0.1) is 10.4 Å². The fourth-order valence-electron chi connectivity index (χ4n) is 4.89. The van der Waals surface area contributed by atoms with E-state index in [9.17, 15) is 9.18 Å². The van der Waals surface area contributed by atoms with Gasteiger partial charge in [-0.2, -0.15) is 0 Å². The van der Waals surface area contributed by atoms with Crippen molar-refractivity contribution in [3.63, 3.8) is 0 Å². The molecule has 1 aromatic rings. The molecular formula is C22H31ClFN3O2S. The summed E-state index contributed by atoms with van der Waals surface area (Å²) in [5.41, 5.74) is 0. The second kappa shape index (κ2) is 9.63. The number of carbonyl (C=O) groups is 1. The highest BCUT2D eigenvalue weighted by molar-refractivity contribution is 8.00. The Morgan fingerprint density at radius 3 is 2.77 bits per heavy atom. The number of rotatable bonds is 8. The number of hydrogen-bond acceptors (Lipinski definition) is 5. The van der Waals surface area contributed by atoms with Crippen LogP contribution in [0.1, 0.15) is 39.5 Å². The highest BCUT2D eigenvalue weighted by Crippen LogP contribution is 2.46. The summed E-state index contributed by atoms with van der Waals surface area (Å²) in [6, 6.07) is 5.36. The minimum atomic E-state index is -0.550. The third kappa shape index (κ3) is 5.06. The molecule has 1 heterocycles. The molecule has 3 saturated carbocycles. The molecule has 2 bridgehead atoms. The van der Waals surface area contributed by atoms with Gasteiger partial charge in [-0.05, 0) is 56.6 Å². The summed E-state index contributed by atoms with van der Waals surface area (Å²) in [6.45, 7) is 5.38. The lowest BCUT2D eigenvalue weighted by Crippen LogP contribution is -2.60. The lowest BCUT2D eigenvalue weighted by Gasteiger charge is -2.52. The van der Waals surface area contributed by atoms with E-state index in [0.717, 1.165) is 25.3 Å². The molecule has 3 N–H and O–H groups in total. The van der Waals surface area contributed by atoms with E-state index >= 15 is 0 Å². The molecule has 1 amide bonds. The van der Waals surface area contributed by atoms with Crippen LogP contribution in [0.2, 0.25) is 5.02 Å². The average Bonchev–Trinajstić information content (AvgIpc) is 3.06. The van der Waals surface area contributed by atoms with E-state index in [1.54, 1.807) is 6.07 Å². The molecule has 3 aliphatic carbocycles. The highest BCUT2D eigenvalue weighted by atomic mass is 35.5. The first-order valence-electron chi connectivity index (χ1n) is 10.9. The van der Waals surface area contributed by atoms with Crippen LogP contribution in [0, 0.1) is 17.7 Å². The molecule has 5 rings (SSSR count). The molecule has 0 aromatic heterocycles. The second-order valence-corrected chi connectivity index (χ2v) is 10.7. The van der Waals surface area contributed by atoms with Gasteiger partial charge >= 0.3 is 0 Å². The Morgan fingerprint density at radius 1 is 1.30 bits per heavy atom. The molecule has 8 heteroatoms. The molecular weight excluding hydrogens is 425 g/mol. The summed E-state index contributed by atoms with van der Waals surface area (Å²) in [5.74, 6) is 0.894. The number of nitrogens with one attached hydrogen (secondary N) is 3. The Hall–Kier alpha value is -1.02. The lowest BCUT2D eigenvalue weighted by atomic mass is 9.60. The monoisotopic (exact) mass is 455 g/mol. The first-order valence-corrected chi connectivity index (χ1v) is 12.3. The van der Waals surface area contributed by atoms with Crippen molar-refractivity contribution in [2.24, 2.45) is 11.8 Å². The minimum Gasteiger partial charge on any atom is -0.484 e. The van der Waals surface area contributed by atoms with Crippen LogP contribution in [0.4, 0.5) is 4.39 Å². The van der Waals surface area contributed by atoms with Crippen molar-refractivity contribution in [1.29, 1.82) is 0 Å². The molecule has 5 atom stereocenters. The topological polar surface area (TPSA) is 62.4 Å². The number of carbonyl (C=O) groups excluding carboxylic acids is 1. The Kier molecular flexibility index (Phi) is 7.12. The van der Waals surface area contributed by atoms with E-state index in [4.69, 9.17) is 16.3 Å². The first kappa shape index (κ1) is 22.2. The van der Waals surface area contributed by atoms with Gasteiger partial charge in [-0.1, -0.05) is 18.5 Å². The van der Waals surface area contributed by atoms with Crippen molar-refractivity contribution in [2.45, 2.75) is 68.3 Å². The Bertz CT molecular complexity index is 764. The zero-order chi connectivity index (χ0) is 21.3. The molecule has 1 saturated heterocycles. The molecule has 1 aliphatic heterocycles. The fraction of sp³-hybridized carbons (Fsp3) is 0.682. The van der Waals surface area contributed by atoms with Gasteiger partial charge in [0, 0.05) is 36.0 Å². The van der Waals surface area contributed by atoms with Crippen LogP contribution in [-0.2, 0) is 4.79 Å². The number of hydrogen-bond donors (Lipinski definition) is 3. The number of halogens is 2. The summed E-state index contributed by atoms with van der Waals surface area (Å²) >= 11 is 7.72. The van der Waals surface area contributed by atoms with Gasteiger partial charge in [-0.3, -0.25) is 4.79 Å². The van der Waals surface area contributed by atoms with Gasteiger partial charge < -0.3 is 20.7 Å². The van der Waals surface area contributed by atoms with E-state index in [-0.39, 0.29) is 23.6 Å². The van der Waals surface area contributed by atoms with E-state index in [1.807, 2.05) is 11.8 Å². The average molecular weight is 456 g/mol. The van der Waals surface area contributed by atoms with Gasteiger partial charge in [0.1, 0.15) is 11.6 Å². The van der Waals surface area contributed by atoms with E-state index in [0.29, 0.717) is 34.4 Å². The maximum absolute atomic E-state index is 13.5. The largest absolute Gasteiger partial charge is 0.484 e. The van der Waals surface area contributed by atoms with Crippen LogP contribution in [0.3, 0.4) is 0 Å². The number of benzene rings is 1. The fourth-order valence-corrected chi connectivity index (χ4v) is 6.42. The molecule has 5 unspecified atom stereocenters. The highest BCUT2D eigenvalue weighted by Gasteiger charge is 2.46. The van der Waals surface area contributed by atoms with Crippen molar-refractivity contribution in [1.82, 2.24) is 16.0 Å². The van der Waals surface area contributed by atoms with Crippen molar-refractivity contribution >= 4 is 29.3 Å². The van der Waals surface area contributed by atoms with E-state index in [1.165, 1.54) is 25.0 Å². The van der Waals surface area contributed by atoms with Gasteiger partial charge in [0.15, 0.2) is 6.61 Å². The van der Waals surface area contributed by atoms with E-state index in [2.05, 4.69) is 29.8 Å². The normalized spacial score (nSPS) is 35.0. The predicted octanol–water partition coefficient (Wildman–Crippen LogP) is 3.56. The molecule has 4 fully saturated rings. The quantitative estimate of drug-likeness (QED) is 0.559. The van der Waals surface area contributed by atoms with E-state index < -0.39 is 5.82 Å². The lowest BCUT2D eigenvalue weighted by molar-refractivity contribution is -0.125. The Balaban J connectivity index is 1.23. The maximum atomic E-state index is 13.5. The smallest absolute Gasteiger partial charge is 0.258 e. The standard InChI is InChI=1S/C22H31ClFN3O2S/c1-3-22-26-12(2)20(30-22)10-25-18-9-19(14-6-13(18)7-14)27-21(28)11-29-15-4-5-16(23)17(24)8-15/h4-5,8,12-14,18-20,22,25-26H,3,6-7,9-11H2,1-2H3,(H,27,28). The van der Waals surface area contributed by atoms with Crippen molar-refractivity contribution in [2.75, 3.05) is 13.2 Å². The molecule has 30 heavy (non-hydrogen) atoms. The third-order valence-corrected chi connectivity index (χ3v) is 8.79. The van der Waals surface area contributed by atoms with Crippen LogP contribution in [0.15, 0.2) is 18.2 Å². The number of amides is 1. The van der Waals surface area contributed by atoms with Gasteiger partial charge in [0.2, 0.25) is 0 Å². The summed E-state index contributed by atoms with van der Waals surface area (Å²) < 4.78 is 18.9. The van der Waals surface area contributed by atoms with Crippen LogP contribution in [0.25, 0.3) is 0 Å². The van der Waals surface area contributed by atoms with Crippen LogP contribution < -0.4 is 20.7 Å². The molecule has 0 spiro atoms. The van der Waals surface area contributed by atoms with Crippen LogP contribution >= 0.6 is 23.4 Å². The zero-order valence-corrected chi connectivity index (χ0v) is 19.1. The van der Waals surface area contributed by atoms with Crippen LogP contribution in [0.5, 0.6) is 5.75 Å². The van der Waals surface area contributed by atoms with Gasteiger partial charge in [0.25, 0.3) is 5.91 Å². The summed E-state index contributed by atoms with van der Waals surface area (Å²) in [5, 5.41) is 11.8. The van der Waals surface area contributed by atoms with Crippen molar-refractivity contribution in [3.8, 4) is 5.75 Å². The second-order valence-electron chi connectivity index (χ2n) is 8.81. The van der Waals surface area contributed by atoms with Gasteiger partial charge in [-0.15, -0.1) is 11.8 Å². The molecule has 166 valence electrons. The number of thioether (sulfide) groups is 1. The third-order valence-electron chi connectivity index (χ3n) is 6.76. The molecule has 4 aliphatic rings. The van der Waals surface area contributed by atoms with Crippen molar-refractivity contribution < 1.29 is 13.9 Å². The first-order chi connectivity index (χ1) is 14.4. The maximum Gasteiger partial charge on any atom is 0.258 e. The minimum absolute atomic E-state index is 0.0403. The Labute approximate surface area is 187 Å². The summed E-state index contributed by atoms with van der Waals surface area (Å²) in [6.07, 6.45) is 4.47. The molecule has 0 radical (unpaired) electrons. The SMILES string of the molecule is CCC1NC(C)C(CNC2CC(NC(=O)COc3ccc(Cl)c(F)c3)C3CC2C3)S1. The number of ether oxygens (including phenoxy) is 1. The molecule has 5 nitrogen and oxygen atoms in total. The molecule has 1 aromatic carbocycles. The van der Waals surface area contributed by atoms with Crippen LogP contribution in [-0.4, -0.2) is 47.8 Å². The van der Waals surface area contributed by atoms with Gasteiger partial charge in [-0.25, -0.2) is 4.39 Å². The van der Waals surface area contributed by atoms with Crippen molar-refractivity contribution in [3.05, 3.63) is 29.0 Å². The summed E-state index contributed by atoms with van der Waals surface area (Å²) in [7, 11) is 0. The number of fused-ring (bicyclic) bond motifs is 2.